The lowest BCUT2D eigenvalue weighted by atomic mass is 9.86. The molecule has 0 bridgehead atoms. The summed E-state index contributed by atoms with van der Waals surface area (Å²) in [6.45, 7) is 0.711. The molecule has 1 aromatic carbocycles. The summed E-state index contributed by atoms with van der Waals surface area (Å²) < 4.78 is 40.0. The number of halogens is 3. The van der Waals surface area contributed by atoms with Crippen LogP contribution >= 0.6 is 0 Å². The molecule has 2 aromatic rings. The first-order chi connectivity index (χ1) is 9.97. The van der Waals surface area contributed by atoms with Crippen LogP contribution in [0, 0.1) is 5.92 Å². The molecule has 0 spiro atoms. The summed E-state index contributed by atoms with van der Waals surface area (Å²) >= 11 is 0. The van der Waals surface area contributed by atoms with Gasteiger partial charge in [-0.2, -0.15) is 18.3 Å². The van der Waals surface area contributed by atoms with Crippen LogP contribution < -0.4 is 5.73 Å². The molecule has 0 amide bonds. The SMILES string of the molecule is NCC1CCC(n2cc3cc(C(F)(F)F)ccc3n2)CC1. The zero-order valence-electron chi connectivity index (χ0n) is 11.6. The van der Waals surface area contributed by atoms with Crippen LogP contribution in [0.15, 0.2) is 24.4 Å². The van der Waals surface area contributed by atoms with Crippen LogP contribution in [0.25, 0.3) is 10.9 Å². The highest BCUT2D eigenvalue weighted by atomic mass is 19.4. The molecule has 1 fully saturated rings. The third-order valence-corrected chi connectivity index (χ3v) is 4.37. The molecule has 1 heterocycles. The smallest absolute Gasteiger partial charge is 0.330 e. The maximum atomic E-state index is 12.7. The number of benzene rings is 1. The normalized spacial score (nSPS) is 23.6. The predicted octanol–water partition coefficient (Wildman–Crippen LogP) is 3.75. The van der Waals surface area contributed by atoms with E-state index in [1.807, 2.05) is 4.68 Å². The molecule has 2 N–H and O–H groups in total. The topological polar surface area (TPSA) is 43.8 Å². The molecule has 0 saturated heterocycles. The molecular weight excluding hydrogens is 279 g/mol. The molecule has 1 saturated carbocycles. The maximum absolute atomic E-state index is 12.7. The summed E-state index contributed by atoms with van der Waals surface area (Å²) in [6, 6.07) is 3.98. The van der Waals surface area contributed by atoms with Crippen molar-refractivity contribution in [3.63, 3.8) is 0 Å². The van der Waals surface area contributed by atoms with E-state index in [2.05, 4.69) is 5.10 Å². The minimum absolute atomic E-state index is 0.273. The Kier molecular flexibility index (Phi) is 3.65. The van der Waals surface area contributed by atoms with E-state index >= 15 is 0 Å². The van der Waals surface area contributed by atoms with Crippen molar-refractivity contribution in [3.05, 3.63) is 30.0 Å². The highest BCUT2D eigenvalue weighted by molar-refractivity contribution is 5.78. The lowest BCUT2D eigenvalue weighted by molar-refractivity contribution is -0.137. The number of hydrogen-bond acceptors (Lipinski definition) is 2. The molecule has 0 unspecified atom stereocenters. The average molecular weight is 297 g/mol. The second-order valence-corrected chi connectivity index (χ2v) is 5.79. The number of alkyl halides is 3. The molecule has 1 aliphatic carbocycles. The van der Waals surface area contributed by atoms with E-state index in [9.17, 15) is 13.2 Å². The average Bonchev–Trinajstić information content (AvgIpc) is 2.89. The monoisotopic (exact) mass is 297 g/mol. The molecule has 0 atom stereocenters. The fraction of sp³-hybridized carbons (Fsp3) is 0.533. The van der Waals surface area contributed by atoms with Gasteiger partial charge in [0.25, 0.3) is 0 Å². The van der Waals surface area contributed by atoms with Gasteiger partial charge >= 0.3 is 6.18 Å². The van der Waals surface area contributed by atoms with Crippen LogP contribution in [-0.2, 0) is 6.18 Å². The number of hydrogen-bond donors (Lipinski definition) is 1. The van der Waals surface area contributed by atoms with Crippen molar-refractivity contribution in [2.45, 2.75) is 37.9 Å². The van der Waals surface area contributed by atoms with Gasteiger partial charge in [0.1, 0.15) is 0 Å². The van der Waals surface area contributed by atoms with Gasteiger partial charge in [0.05, 0.1) is 17.1 Å². The van der Waals surface area contributed by atoms with E-state index in [1.54, 1.807) is 6.20 Å². The molecule has 114 valence electrons. The zero-order valence-corrected chi connectivity index (χ0v) is 11.6. The predicted molar refractivity (Wildman–Crippen MR) is 74.8 cm³/mol. The molecule has 0 aliphatic heterocycles. The molecule has 1 aliphatic rings. The van der Waals surface area contributed by atoms with Crippen molar-refractivity contribution in [3.8, 4) is 0 Å². The summed E-state index contributed by atoms with van der Waals surface area (Å²) in [7, 11) is 0. The van der Waals surface area contributed by atoms with Gasteiger partial charge in [0, 0.05) is 11.6 Å². The Balaban J connectivity index is 1.84. The zero-order chi connectivity index (χ0) is 15.0. The molecule has 21 heavy (non-hydrogen) atoms. The Bertz CT molecular complexity index is 625. The van der Waals surface area contributed by atoms with Crippen LogP contribution in [-0.4, -0.2) is 16.3 Å². The first kappa shape index (κ1) is 14.4. The highest BCUT2D eigenvalue weighted by Gasteiger charge is 2.31. The van der Waals surface area contributed by atoms with Gasteiger partial charge in [-0.1, -0.05) is 0 Å². The Morgan fingerprint density at radius 2 is 1.90 bits per heavy atom. The van der Waals surface area contributed by atoms with E-state index in [4.69, 9.17) is 5.73 Å². The fourth-order valence-corrected chi connectivity index (χ4v) is 3.05. The third-order valence-electron chi connectivity index (χ3n) is 4.37. The minimum Gasteiger partial charge on any atom is -0.330 e. The number of fused-ring (bicyclic) bond motifs is 1. The second kappa shape index (κ2) is 5.33. The van der Waals surface area contributed by atoms with Crippen LogP contribution in [0.5, 0.6) is 0 Å². The Hall–Kier alpha value is -1.56. The summed E-state index contributed by atoms with van der Waals surface area (Å²) in [5.41, 5.74) is 5.67. The van der Waals surface area contributed by atoms with Gasteiger partial charge in [0.15, 0.2) is 0 Å². The third kappa shape index (κ3) is 2.90. The first-order valence-corrected chi connectivity index (χ1v) is 7.23. The number of nitrogens with zero attached hydrogens (tertiary/aromatic N) is 2. The van der Waals surface area contributed by atoms with Gasteiger partial charge in [0.2, 0.25) is 0 Å². The van der Waals surface area contributed by atoms with Crippen LogP contribution in [0.2, 0.25) is 0 Å². The molecule has 3 nitrogen and oxygen atoms in total. The summed E-state index contributed by atoms with van der Waals surface area (Å²) in [5.74, 6) is 0.572. The summed E-state index contributed by atoms with van der Waals surface area (Å²) in [5, 5.41) is 4.98. The molecule has 1 aromatic heterocycles. The first-order valence-electron chi connectivity index (χ1n) is 7.23. The van der Waals surface area contributed by atoms with Crippen molar-refractivity contribution in [2.24, 2.45) is 11.7 Å². The molecule has 6 heteroatoms. The molecular formula is C15H18F3N3. The Labute approximate surface area is 120 Å². The van der Waals surface area contributed by atoms with Crippen molar-refractivity contribution in [1.82, 2.24) is 9.78 Å². The van der Waals surface area contributed by atoms with Crippen LogP contribution in [0.4, 0.5) is 13.2 Å². The van der Waals surface area contributed by atoms with Gasteiger partial charge in [-0.25, -0.2) is 0 Å². The lowest BCUT2D eigenvalue weighted by Crippen LogP contribution is -2.23. The Morgan fingerprint density at radius 3 is 2.52 bits per heavy atom. The fourth-order valence-electron chi connectivity index (χ4n) is 3.05. The molecule has 0 radical (unpaired) electrons. The summed E-state index contributed by atoms with van der Waals surface area (Å²) in [4.78, 5) is 0. The van der Waals surface area contributed by atoms with E-state index in [0.717, 1.165) is 31.7 Å². The number of rotatable bonds is 2. The highest BCUT2D eigenvalue weighted by Crippen LogP contribution is 2.34. The van der Waals surface area contributed by atoms with E-state index in [0.29, 0.717) is 23.4 Å². The van der Waals surface area contributed by atoms with Gasteiger partial charge < -0.3 is 5.73 Å². The van der Waals surface area contributed by atoms with Crippen molar-refractivity contribution >= 4 is 10.9 Å². The van der Waals surface area contributed by atoms with Gasteiger partial charge in [-0.15, -0.1) is 0 Å². The number of aromatic nitrogens is 2. The van der Waals surface area contributed by atoms with Crippen LogP contribution in [0.1, 0.15) is 37.3 Å². The lowest BCUT2D eigenvalue weighted by Gasteiger charge is -2.27. The van der Waals surface area contributed by atoms with Crippen molar-refractivity contribution in [1.29, 1.82) is 0 Å². The van der Waals surface area contributed by atoms with Gasteiger partial charge in [-0.3, -0.25) is 4.68 Å². The van der Waals surface area contributed by atoms with Crippen molar-refractivity contribution in [2.75, 3.05) is 6.54 Å². The molecule has 3 rings (SSSR count). The van der Waals surface area contributed by atoms with E-state index in [1.165, 1.54) is 12.1 Å². The maximum Gasteiger partial charge on any atom is 0.416 e. The van der Waals surface area contributed by atoms with E-state index < -0.39 is 11.7 Å². The summed E-state index contributed by atoms with van der Waals surface area (Å²) in [6.07, 6.45) is 1.52. The quantitative estimate of drug-likeness (QED) is 0.917. The van der Waals surface area contributed by atoms with Crippen LogP contribution in [0.3, 0.4) is 0 Å². The van der Waals surface area contributed by atoms with E-state index in [-0.39, 0.29) is 6.04 Å². The number of nitrogens with two attached hydrogens (primary N) is 1. The minimum atomic E-state index is -4.31. The van der Waals surface area contributed by atoms with Crippen molar-refractivity contribution < 1.29 is 13.2 Å². The van der Waals surface area contributed by atoms with Gasteiger partial charge in [-0.05, 0) is 56.3 Å². The standard InChI is InChI=1S/C15H18F3N3/c16-15(17,18)12-3-6-14-11(7-12)9-21(20-14)13-4-1-10(8-19)2-5-13/h3,6-7,9-10,13H,1-2,4-5,8,19H2. The Morgan fingerprint density at radius 1 is 1.19 bits per heavy atom. The largest absolute Gasteiger partial charge is 0.416 e. The second-order valence-electron chi connectivity index (χ2n) is 5.79.